The topological polar surface area (TPSA) is 60.7 Å². The summed E-state index contributed by atoms with van der Waals surface area (Å²) in [6.07, 6.45) is -1.89. The molecule has 0 bridgehead atoms. The van der Waals surface area contributed by atoms with Gasteiger partial charge in [0.25, 0.3) is 0 Å². The summed E-state index contributed by atoms with van der Waals surface area (Å²) >= 11 is 0. The first-order chi connectivity index (χ1) is 4.39. The van der Waals surface area contributed by atoms with Crippen LogP contribution in [-0.4, -0.2) is 34.1 Å². The normalized spacial score (nSPS) is 18.6. The van der Waals surface area contributed by atoms with Gasteiger partial charge in [-0.05, 0) is 5.41 Å². The summed E-state index contributed by atoms with van der Waals surface area (Å²) in [6, 6.07) is 0. The highest BCUT2D eigenvalue weighted by molar-refractivity contribution is 4.78. The molecule has 0 spiro atoms. The van der Waals surface area contributed by atoms with Gasteiger partial charge in [0.1, 0.15) is 6.10 Å². The van der Waals surface area contributed by atoms with E-state index in [2.05, 4.69) is 0 Å². The first kappa shape index (κ1) is 9.88. The second-order valence-electron chi connectivity index (χ2n) is 3.56. The lowest BCUT2D eigenvalue weighted by atomic mass is 9.86. The zero-order valence-corrected chi connectivity index (χ0v) is 6.70. The Labute approximate surface area is 61.3 Å². The maximum atomic E-state index is 9.24. The van der Waals surface area contributed by atoms with Gasteiger partial charge in [0.15, 0.2) is 0 Å². The predicted molar refractivity (Wildman–Crippen MR) is 38.6 cm³/mol. The zero-order chi connectivity index (χ0) is 8.36. The number of hydrogen-bond donors (Lipinski definition) is 3. The van der Waals surface area contributed by atoms with E-state index in [1.807, 2.05) is 0 Å². The maximum Gasteiger partial charge on any atom is 0.103 e. The number of rotatable bonds is 2. The molecule has 0 saturated carbocycles. The fraction of sp³-hybridized carbons (Fsp3) is 1.00. The molecule has 10 heavy (non-hydrogen) atoms. The van der Waals surface area contributed by atoms with Crippen molar-refractivity contribution >= 4 is 0 Å². The van der Waals surface area contributed by atoms with Gasteiger partial charge in [0.05, 0.1) is 12.7 Å². The molecule has 3 nitrogen and oxygen atoms in total. The minimum Gasteiger partial charge on any atom is -0.394 e. The van der Waals surface area contributed by atoms with E-state index in [4.69, 9.17) is 10.2 Å². The summed E-state index contributed by atoms with van der Waals surface area (Å²) in [6.45, 7) is 5.02. The lowest BCUT2D eigenvalue weighted by Gasteiger charge is -2.28. The average Bonchev–Trinajstić information content (AvgIpc) is 1.83. The van der Waals surface area contributed by atoms with Gasteiger partial charge in [-0.3, -0.25) is 0 Å². The Morgan fingerprint density at radius 1 is 1.20 bits per heavy atom. The molecule has 0 aromatic heterocycles. The van der Waals surface area contributed by atoms with Gasteiger partial charge in [-0.15, -0.1) is 0 Å². The third-order valence-corrected chi connectivity index (χ3v) is 1.44. The van der Waals surface area contributed by atoms with Crippen LogP contribution in [0.2, 0.25) is 0 Å². The van der Waals surface area contributed by atoms with Crippen LogP contribution in [0.15, 0.2) is 0 Å². The predicted octanol–water partition coefficient (Wildman–Crippen LogP) is -0.253. The van der Waals surface area contributed by atoms with Crippen LogP contribution in [0.25, 0.3) is 0 Å². The molecule has 0 aromatic carbocycles. The molecule has 0 saturated heterocycles. The van der Waals surface area contributed by atoms with Gasteiger partial charge in [-0.25, -0.2) is 0 Å². The molecule has 0 radical (unpaired) electrons. The molecule has 3 heteroatoms. The van der Waals surface area contributed by atoms with Crippen LogP contribution in [0.3, 0.4) is 0 Å². The molecule has 0 aromatic rings. The van der Waals surface area contributed by atoms with Crippen molar-refractivity contribution in [3.8, 4) is 0 Å². The van der Waals surface area contributed by atoms with E-state index in [1.54, 1.807) is 20.8 Å². The van der Waals surface area contributed by atoms with Crippen molar-refractivity contribution in [1.82, 2.24) is 0 Å². The Hall–Kier alpha value is -0.120. The van der Waals surface area contributed by atoms with Crippen molar-refractivity contribution in [2.75, 3.05) is 6.61 Å². The van der Waals surface area contributed by atoms with Gasteiger partial charge >= 0.3 is 0 Å². The van der Waals surface area contributed by atoms with E-state index < -0.39 is 18.8 Å². The fourth-order valence-electron chi connectivity index (χ4n) is 0.677. The van der Waals surface area contributed by atoms with Crippen LogP contribution >= 0.6 is 0 Å². The molecule has 62 valence electrons. The minimum atomic E-state index is -1.03. The monoisotopic (exact) mass is 148 g/mol. The summed E-state index contributed by atoms with van der Waals surface area (Å²) in [5.74, 6) is 0. The van der Waals surface area contributed by atoms with Crippen LogP contribution in [0.4, 0.5) is 0 Å². The van der Waals surface area contributed by atoms with Crippen molar-refractivity contribution < 1.29 is 15.3 Å². The first-order valence-electron chi connectivity index (χ1n) is 3.36. The van der Waals surface area contributed by atoms with E-state index in [0.717, 1.165) is 0 Å². The van der Waals surface area contributed by atoms with E-state index in [9.17, 15) is 5.11 Å². The highest BCUT2D eigenvalue weighted by Crippen LogP contribution is 2.21. The molecular weight excluding hydrogens is 132 g/mol. The Balaban J connectivity index is 3.94. The van der Waals surface area contributed by atoms with Gasteiger partial charge in [0.2, 0.25) is 0 Å². The SMILES string of the molecule is CC(C)(C)[C@H](O)[C@@H](O)CO. The molecule has 0 heterocycles. The molecule has 0 amide bonds. The van der Waals surface area contributed by atoms with Crippen LogP contribution in [0.5, 0.6) is 0 Å². The fourth-order valence-corrected chi connectivity index (χ4v) is 0.677. The third-order valence-electron chi connectivity index (χ3n) is 1.44. The molecule has 0 aliphatic heterocycles. The molecule has 0 aliphatic carbocycles. The van der Waals surface area contributed by atoms with Crippen LogP contribution < -0.4 is 0 Å². The summed E-state index contributed by atoms with van der Waals surface area (Å²) in [5, 5.41) is 26.7. The van der Waals surface area contributed by atoms with Crippen molar-refractivity contribution in [2.45, 2.75) is 33.0 Å². The number of aliphatic hydroxyl groups excluding tert-OH is 3. The quantitative estimate of drug-likeness (QED) is 0.506. The standard InChI is InChI=1S/C7H16O3/c1-7(2,3)6(10)5(9)4-8/h5-6,8-10H,4H2,1-3H3/t5-,6+/m0/s1. The Morgan fingerprint density at radius 3 is 1.70 bits per heavy atom. The van der Waals surface area contributed by atoms with Crippen molar-refractivity contribution in [3.05, 3.63) is 0 Å². The number of aliphatic hydroxyl groups is 3. The molecule has 3 N–H and O–H groups in total. The minimum absolute atomic E-state index is 0.373. The molecule has 0 aliphatic rings. The number of hydrogen-bond acceptors (Lipinski definition) is 3. The summed E-state index contributed by atoms with van der Waals surface area (Å²) in [4.78, 5) is 0. The zero-order valence-electron chi connectivity index (χ0n) is 6.70. The van der Waals surface area contributed by atoms with E-state index in [1.165, 1.54) is 0 Å². The largest absolute Gasteiger partial charge is 0.394 e. The Bertz CT molecular complexity index is 95.5. The van der Waals surface area contributed by atoms with Crippen LogP contribution in [0.1, 0.15) is 20.8 Å². The van der Waals surface area contributed by atoms with Gasteiger partial charge < -0.3 is 15.3 Å². The Kier molecular flexibility index (Phi) is 3.28. The Morgan fingerprint density at radius 2 is 1.60 bits per heavy atom. The molecule has 2 atom stereocenters. The lowest BCUT2D eigenvalue weighted by molar-refractivity contribution is -0.0654. The highest BCUT2D eigenvalue weighted by Gasteiger charge is 2.28. The second kappa shape index (κ2) is 3.32. The van der Waals surface area contributed by atoms with Crippen molar-refractivity contribution in [1.29, 1.82) is 0 Å². The average molecular weight is 148 g/mol. The second-order valence-corrected chi connectivity index (χ2v) is 3.56. The van der Waals surface area contributed by atoms with Gasteiger partial charge in [-0.2, -0.15) is 0 Å². The van der Waals surface area contributed by atoms with E-state index in [-0.39, 0.29) is 5.41 Å². The van der Waals surface area contributed by atoms with E-state index >= 15 is 0 Å². The molecular formula is C7H16O3. The van der Waals surface area contributed by atoms with Crippen molar-refractivity contribution in [3.63, 3.8) is 0 Å². The van der Waals surface area contributed by atoms with Crippen LogP contribution in [0, 0.1) is 5.41 Å². The molecule has 0 rings (SSSR count). The van der Waals surface area contributed by atoms with Crippen LogP contribution in [-0.2, 0) is 0 Å². The third kappa shape index (κ3) is 2.64. The maximum absolute atomic E-state index is 9.24. The van der Waals surface area contributed by atoms with Gasteiger partial charge in [-0.1, -0.05) is 20.8 Å². The van der Waals surface area contributed by atoms with Crippen molar-refractivity contribution in [2.24, 2.45) is 5.41 Å². The molecule has 0 fully saturated rings. The van der Waals surface area contributed by atoms with E-state index in [0.29, 0.717) is 0 Å². The highest BCUT2D eigenvalue weighted by atomic mass is 16.4. The lowest BCUT2D eigenvalue weighted by Crippen LogP contribution is -2.39. The molecule has 0 unspecified atom stereocenters. The summed E-state index contributed by atoms with van der Waals surface area (Å²) < 4.78 is 0. The smallest absolute Gasteiger partial charge is 0.103 e. The summed E-state index contributed by atoms with van der Waals surface area (Å²) in [5.41, 5.74) is -0.373. The first-order valence-corrected chi connectivity index (χ1v) is 3.36. The van der Waals surface area contributed by atoms with Gasteiger partial charge in [0, 0.05) is 0 Å². The summed E-state index contributed by atoms with van der Waals surface area (Å²) in [7, 11) is 0.